The molecule has 23 heavy (non-hydrogen) atoms. The van der Waals surface area contributed by atoms with Crippen molar-refractivity contribution in [2.24, 2.45) is 16.5 Å². The Morgan fingerprint density at radius 3 is 2.39 bits per heavy atom. The summed E-state index contributed by atoms with van der Waals surface area (Å²) < 4.78 is 22.5. The molecule has 4 N–H and O–H groups in total. The fourth-order valence-corrected chi connectivity index (χ4v) is 4.34. The summed E-state index contributed by atoms with van der Waals surface area (Å²) in [5, 5.41) is 12.1. The van der Waals surface area contributed by atoms with Gasteiger partial charge in [0.1, 0.15) is 0 Å². The number of benzene rings is 1. The third kappa shape index (κ3) is 5.44. The molecule has 1 saturated carbocycles. The summed E-state index contributed by atoms with van der Waals surface area (Å²) >= 11 is 5.37. The van der Waals surface area contributed by atoms with Gasteiger partial charge in [-0.3, -0.25) is 0 Å². The number of primary sulfonamides is 1. The third-order valence-corrected chi connectivity index (χ3v) is 5.31. The Kier molecular flexibility index (Phi) is 5.33. The highest BCUT2D eigenvalue weighted by molar-refractivity contribution is 7.89. The van der Waals surface area contributed by atoms with Gasteiger partial charge in [0.2, 0.25) is 10.0 Å². The standard InChI is InChI=1S/C16H25N3O2S2/c1-11-8-13(10-16(2,3)9-11)19-15(22)18-12-4-6-14(7-5-12)23(17,20)21/h4-7,11,13H,8-10H2,1-3H3,(H2,17,20,21)(H2,18,19,22). The molecule has 2 rings (SSSR count). The van der Waals surface area contributed by atoms with Crippen LogP contribution in [0.1, 0.15) is 40.0 Å². The fourth-order valence-electron chi connectivity index (χ4n) is 3.54. The van der Waals surface area contributed by atoms with Crippen molar-refractivity contribution in [2.75, 3.05) is 5.32 Å². The van der Waals surface area contributed by atoms with Crippen LogP contribution in [0.15, 0.2) is 29.2 Å². The van der Waals surface area contributed by atoms with Crippen LogP contribution >= 0.6 is 12.2 Å². The van der Waals surface area contributed by atoms with Crippen LogP contribution < -0.4 is 15.8 Å². The summed E-state index contributed by atoms with van der Waals surface area (Å²) in [6, 6.07) is 6.60. The van der Waals surface area contributed by atoms with Gasteiger partial charge in [-0.1, -0.05) is 20.8 Å². The van der Waals surface area contributed by atoms with E-state index in [4.69, 9.17) is 17.4 Å². The lowest BCUT2D eigenvalue weighted by Crippen LogP contribution is -2.44. The van der Waals surface area contributed by atoms with Crippen molar-refractivity contribution >= 4 is 33.0 Å². The summed E-state index contributed by atoms with van der Waals surface area (Å²) in [6.07, 6.45) is 3.43. The zero-order valence-corrected chi connectivity index (χ0v) is 15.4. The number of sulfonamides is 1. The van der Waals surface area contributed by atoms with Crippen LogP contribution in [0, 0.1) is 11.3 Å². The SMILES string of the molecule is CC1CC(NC(=S)Nc2ccc(S(N)(=O)=O)cc2)CC(C)(C)C1. The van der Waals surface area contributed by atoms with Gasteiger partial charge in [-0.05, 0) is 67.1 Å². The van der Waals surface area contributed by atoms with E-state index in [9.17, 15) is 8.42 Å². The molecule has 128 valence electrons. The molecule has 1 aromatic rings. The summed E-state index contributed by atoms with van der Waals surface area (Å²) in [7, 11) is -3.67. The Bertz CT molecular complexity index is 669. The molecule has 0 amide bonds. The number of nitrogens with two attached hydrogens (primary N) is 1. The Morgan fingerprint density at radius 2 is 1.87 bits per heavy atom. The van der Waals surface area contributed by atoms with Gasteiger partial charge in [-0.15, -0.1) is 0 Å². The monoisotopic (exact) mass is 355 g/mol. The number of hydrogen-bond donors (Lipinski definition) is 3. The molecule has 0 spiro atoms. The first-order chi connectivity index (χ1) is 10.5. The maximum absolute atomic E-state index is 11.2. The second-order valence-electron chi connectivity index (χ2n) is 7.28. The lowest BCUT2D eigenvalue weighted by atomic mass is 9.71. The highest BCUT2D eigenvalue weighted by atomic mass is 32.2. The average molecular weight is 356 g/mol. The van der Waals surface area contributed by atoms with Gasteiger partial charge in [0.15, 0.2) is 5.11 Å². The largest absolute Gasteiger partial charge is 0.360 e. The molecule has 0 saturated heterocycles. The van der Waals surface area contributed by atoms with Crippen molar-refractivity contribution in [1.29, 1.82) is 0 Å². The van der Waals surface area contributed by atoms with Crippen LogP contribution in [-0.2, 0) is 10.0 Å². The van der Waals surface area contributed by atoms with Crippen LogP contribution in [-0.4, -0.2) is 19.6 Å². The molecule has 1 fully saturated rings. The lowest BCUT2D eigenvalue weighted by molar-refractivity contribution is 0.162. The smallest absolute Gasteiger partial charge is 0.238 e. The second kappa shape index (κ2) is 6.75. The number of rotatable bonds is 3. The first kappa shape index (κ1) is 18.2. The molecule has 2 atom stereocenters. The molecule has 2 unspecified atom stereocenters. The zero-order chi connectivity index (χ0) is 17.3. The van der Waals surface area contributed by atoms with E-state index in [1.165, 1.54) is 18.6 Å². The number of nitrogens with one attached hydrogen (secondary N) is 2. The van der Waals surface area contributed by atoms with Crippen molar-refractivity contribution < 1.29 is 8.42 Å². The Hall–Kier alpha value is -1.18. The van der Waals surface area contributed by atoms with Crippen molar-refractivity contribution in [3.63, 3.8) is 0 Å². The van der Waals surface area contributed by atoms with Crippen molar-refractivity contribution in [2.45, 2.75) is 51.0 Å². The highest BCUT2D eigenvalue weighted by Gasteiger charge is 2.32. The van der Waals surface area contributed by atoms with Gasteiger partial charge < -0.3 is 10.6 Å². The number of thiocarbonyl (C=S) groups is 1. The topological polar surface area (TPSA) is 84.2 Å². The van der Waals surface area contributed by atoms with Gasteiger partial charge in [0, 0.05) is 11.7 Å². The lowest BCUT2D eigenvalue weighted by Gasteiger charge is -2.39. The molecule has 0 aromatic heterocycles. The van der Waals surface area contributed by atoms with Crippen molar-refractivity contribution in [3.8, 4) is 0 Å². The summed E-state index contributed by atoms with van der Waals surface area (Å²) in [4.78, 5) is 0.0878. The van der Waals surface area contributed by atoms with E-state index in [2.05, 4.69) is 31.4 Å². The van der Waals surface area contributed by atoms with E-state index in [0.717, 1.165) is 18.5 Å². The Balaban J connectivity index is 1.94. The fraction of sp³-hybridized carbons (Fsp3) is 0.562. The van der Waals surface area contributed by atoms with E-state index in [1.54, 1.807) is 12.1 Å². The molecule has 7 heteroatoms. The van der Waals surface area contributed by atoms with E-state index in [1.807, 2.05) is 0 Å². The molecule has 5 nitrogen and oxygen atoms in total. The predicted molar refractivity (Wildman–Crippen MR) is 97.8 cm³/mol. The Labute approximate surface area is 144 Å². The molecule has 0 heterocycles. The van der Waals surface area contributed by atoms with Gasteiger partial charge in [0.25, 0.3) is 0 Å². The highest BCUT2D eigenvalue weighted by Crippen LogP contribution is 2.38. The molecular weight excluding hydrogens is 330 g/mol. The minimum Gasteiger partial charge on any atom is -0.360 e. The van der Waals surface area contributed by atoms with Crippen LogP contribution in [0.2, 0.25) is 0 Å². The van der Waals surface area contributed by atoms with E-state index in [-0.39, 0.29) is 4.90 Å². The number of hydrogen-bond acceptors (Lipinski definition) is 3. The molecule has 1 aliphatic rings. The molecule has 1 aliphatic carbocycles. The molecule has 0 bridgehead atoms. The first-order valence-electron chi connectivity index (χ1n) is 7.75. The third-order valence-electron chi connectivity index (χ3n) is 4.16. The van der Waals surface area contributed by atoms with E-state index in [0.29, 0.717) is 22.5 Å². The van der Waals surface area contributed by atoms with Crippen LogP contribution in [0.4, 0.5) is 5.69 Å². The predicted octanol–water partition coefficient (Wildman–Crippen LogP) is 2.84. The first-order valence-corrected chi connectivity index (χ1v) is 9.71. The van der Waals surface area contributed by atoms with Crippen molar-refractivity contribution in [1.82, 2.24) is 5.32 Å². The minimum absolute atomic E-state index is 0.0878. The van der Waals surface area contributed by atoms with Crippen LogP contribution in [0.3, 0.4) is 0 Å². The normalized spacial score (nSPS) is 24.0. The molecule has 1 aromatic carbocycles. The Morgan fingerprint density at radius 1 is 1.26 bits per heavy atom. The maximum atomic E-state index is 11.2. The van der Waals surface area contributed by atoms with Crippen molar-refractivity contribution in [3.05, 3.63) is 24.3 Å². The van der Waals surface area contributed by atoms with Gasteiger partial charge >= 0.3 is 0 Å². The maximum Gasteiger partial charge on any atom is 0.238 e. The van der Waals surface area contributed by atoms with Crippen LogP contribution in [0.25, 0.3) is 0 Å². The summed E-state index contributed by atoms with van der Waals surface area (Å²) in [6.45, 7) is 6.86. The second-order valence-corrected chi connectivity index (χ2v) is 9.25. The quantitative estimate of drug-likeness (QED) is 0.726. The van der Waals surface area contributed by atoms with E-state index >= 15 is 0 Å². The van der Waals surface area contributed by atoms with E-state index < -0.39 is 10.0 Å². The van der Waals surface area contributed by atoms with Gasteiger partial charge in [-0.2, -0.15) is 0 Å². The number of anilines is 1. The van der Waals surface area contributed by atoms with Gasteiger partial charge in [0.05, 0.1) is 4.90 Å². The average Bonchev–Trinajstić information content (AvgIpc) is 2.35. The summed E-state index contributed by atoms with van der Waals surface area (Å²) in [5.74, 6) is 0.674. The zero-order valence-electron chi connectivity index (χ0n) is 13.8. The minimum atomic E-state index is -3.67. The van der Waals surface area contributed by atoms with Crippen LogP contribution in [0.5, 0.6) is 0 Å². The molecule has 0 radical (unpaired) electrons. The molecular formula is C16H25N3O2S2. The van der Waals surface area contributed by atoms with Gasteiger partial charge in [-0.25, -0.2) is 13.6 Å². The summed E-state index contributed by atoms with van der Waals surface area (Å²) in [5.41, 5.74) is 1.06. The molecule has 0 aliphatic heterocycles.